The molecule has 2 heterocycles. The third-order valence-corrected chi connectivity index (χ3v) is 2.18. The second-order valence-corrected chi connectivity index (χ2v) is 3.13. The van der Waals surface area contributed by atoms with Gasteiger partial charge in [0.15, 0.2) is 6.33 Å². The minimum Gasteiger partial charge on any atom is -0.377 e. The van der Waals surface area contributed by atoms with Crippen LogP contribution in [0.2, 0.25) is 0 Å². The Morgan fingerprint density at radius 3 is 3.31 bits per heavy atom. The van der Waals surface area contributed by atoms with Crippen LogP contribution in [-0.2, 0) is 4.74 Å². The average molecular weight is 178 g/mol. The number of anilines is 1. The number of rotatable bonds is 1. The number of hydrogen-bond donors (Lipinski definition) is 0. The molecule has 0 unspecified atom stereocenters. The second kappa shape index (κ2) is 3.70. The zero-order valence-electron chi connectivity index (χ0n) is 7.60. The highest BCUT2D eigenvalue weighted by molar-refractivity contribution is 5.38. The van der Waals surface area contributed by atoms with Crippen LogP contribution in [0.25, 0.3) is 0 Å². The quantitative estimate of drug-likeness (QED) is 0.627. The zero-order valence-corrected chi connectivity index (χ0v) is 7.60. The molecule has 1 saturated heterocycles. The van der Waals surface area contributed by atoms with Crippen LogP contribution >= 0.6 is 0 Å². The van der Waals surface area contributed by atoms with Crippen molar-refractivity contribution in [2.24, 2.45) is 0 Å². The van der Waals surface area contributed by atoms with Gasteiger partial charge in [0, 0.05) is 12.7 Å². The van der Waals surface area contributed by atoms with Crippen LogP contribution in [0.5, 0.6) is 0 Å². The monoisotopic (exact) mass is 178 g/mol. The number of aromatic nitrogens is 2. The van der Waals surface area contributed by atoms with E-state index >= 15 is 0 Å². The topological polar surface area (TPSA) is 38.2 Å². The molecule has 0 amide bonds. The van der Waals surface area contributed by atoms with E-state index in [9.17, 15) is 0 Å². The molecule has 4 heteroatoms. The van der Waals surface area contributed by atoms with Crippen molar-refractivity contribution >= 4 is 5.82 Å². The Morgan fingerprint density at radius 1 is 1.69 bits per heavy atom. The van der Waals surface area contributed by atoms with Crippen molar-refractivity contribution in [2.75, 3.05) is 24.7 Å². The summed E-state index contributed by atoms with van der Waals surface area (Å²) in [5.41, 5.74) is 0. The number of nitrogens with zero attached hydrogens (tertiary/aromatic N) is 3. The van der Waals surface area contributed by atoms with Gasteiger partial charge in [0.05, 0.1) is 19.3 Å². The molecule has 0 aliphatic carbocycles. The van der Waals surface area contributed by atoms with E-state index in [-0.39, 0.29) is 0 Å². The Bertz CT molecular complexity index is 265. The molecule has 13 heavy (non-hydrogen) atoms. The van der Waals surface area contributed by atoms with Crippen molar-refractivity contribution in [3.05, 3.63) is 18.6 Å². The van der Waals surface area contributed by atoms with E-state index in [1.165, 1.54) is 0 Å². The van der Waals surface area contributed by atoms with Crippen LogP contribution in [0.4, 0.5) is 5.82 Å². The van der Waals surface area contributed by atoms with E-state index < -0.39 is 0 Å². The maximum Gasteiger partial charge on any atom is 0.199 e. The fourth-order valence-electron chi connectivity index (χ4n) is 1.48. The summed E-state index contributed by atoms with van der Waals surface area (Å²) in [4.78, 5) is 10.1. The first-order valence-electron chi connectivity index (χ1n) is 4.41. The lowest BCUT2D eigenvalue weighted by Crippen LogP contribution is -2.44. The molecule has 1 aromatic heterocycles. The fourth-order valence-corrected chi connectivity index (χ4v) is 1.48. The Morgan fingerprint density at radius 2 is 2.62 bits per heavy atom. The van der Waals surface area contributed by atoms with Crippen LogP contribution in [-0.4, -0.2) is 35.8 Å². The highest BCUT2D eigenvalue weighted by Crippen LogP contribution is 2.14. The number of hydrogen-bond acceptors (Lipinski definition) is 4. The molecule has 1 fully saturated rings. The van der Waals surface area contributed by atoms with E-state index in [1.807, 2.05) is 6.07 Å². The average Bonchev–Trinajstić information content (AvgIpc) is 2.20. The predicted molar refractivity (Wildman–Crippen MR) is 48.5 cm³/mol. The second-order valence-electron chi connectivity index (χ2n) is 3.13. The van der Waals surface area contributed by atoms with Crippen molar-refractivity contribution < 1.29 is 4.74 Å². The smallest absolute Gasteiger partial charge is 0.199 e. The highest BCUT2D eigenvalue weighted by Gasteiger charge is 2.19. The molecule has 1 aliphatic heterocycles. The lowest BCUT2D eigenvalue weighted by atomic mass is 10.2. The van der Waals surface area contributed by atoms with Gasteiger partial charge in [-0.3, -0.25) is 0 Å². The van der Waals surface area contributed by atoms with Crippen LogP contribution in [0.3, 0.4) is 0 Å². The molecule has 0 spiro atoms. The van der Waals surface area contributed by atoms with E-state index in [2.05, 4.69) is 28.1 Å². The van der Waals surface area contributed by atoms with Crippen LogP contribution < -0.4 is 4.90 Å². The van der Waals surface area contributed by atoms with E-state index in [0.29, 0.717) is 6.04 Å². The summed E-state index contributed by atoms with van der Waals surface area (Å²) in [7, 11) is 0. The molecular weight excluding hydrogens is 166 g/mol. The number of ether oxygens (including phenoxy) is 1. The van der Waals surface area contributed by atoms with Crippen molar-refractivity contribution in [1.82, 2.24) is 9.97 Å². The first kappa shape index (κ1) is 8.44. The van der Waals surface area contributed by atoms with Crippen LogP contribution in [0.1, 0.15) is 6.92 Å². The molecule has 2 rings (SSSR count). The van der Waals surface area contributed by atoms with Gasteiger partial charge in [-0.25, -0.2) is 9.97 Å². The fraction of sp³-hybridized carbons (Fsp3) is 0.556. The lowest BCUT2D eigenvalue weighted by molar-refractivity contribution is 0.0985. The van der Waals surface area contributed by atoms with Crippen LogP contribution in [0, 0.1) is 6.33 Å². The standard InChI is InChI=1S/C9H12N3O/c1-8-6-13-5-4-12(8)9-2-3-10-7-11-9/h2-3,8H,4-6H2,1H3/t8-/m0/s1. The third-order valence-electron chi connectivity index (χ3n) is 2.18. The molecule has 69 valence electrons. The molecule has 4 nitrogen and oxygen atoms in total. The molecule has 0 N–H and O–H groups in total. The van der Waals surface area contributed by atoms with Crippen molar-refractivity contribution in [3.8, 4) is 0 Å². The van der Waals surface area contributed by atoms with Gasteiger partial charge in [-0.05, 0) is 13.0 Å². The van der Waals surface area contributed by atoms with Gasteiger partial charge < -0.3 is 9.64 Å². The molecule has 1 radical (unpaired) electrons. The minimum atomic E-state index is 0.386. The predicted octanol–water partition coefficient (Wildman–Crippen LogP) is 0.502. The maximum absolute atomic E-state index is 5.34. The number of morpholine rings is 1. The first-order valence-corrected chi connectivity index (χ1v) is 4.41. The van der Waals surface area contributed by atoms with Gasteiger partial charge in [-0.2, -0.15) is 0 Å². The molecule has 0 bridgehead atoms. The Hall–Kier alpha value is -1.16. The normalized spacial score (nSPS) is 23.2. The largest absolute Gasteiger partial charge is 0.377 e. The summed E-state index contributed by atoms with van der Waals surface area (Å²) >= 11 is 0. The van der Waals surface area contributed by atoms with Gasteiger partial charge in [-0.15, -0.1) is 0 Å². The summed E-state index contributed by atoms with van der Waals surface area (Å²) in [6.07, 6.45) is 4.31. The van der Waals surface area contributed by atoms with Gasteiger partial charge in [-0.1, -0.05) is 0 Å². The Kier molecular flexibility index (Phi) is 2.40. The maximum atomic E-state index is 5.34. The van der Waals surface area contributed by atoms with E-state index in [1.54, 1.807) is 6.20 Å². The van der Waals surface area contributed by atoms with Crippen molar-refractivity contribution in [2.45, 2.75) is 13.0 Å². The van der Waals surface area contributed by atoms with Gasteiger partial charge >= 0.3 is 0 Å². The van der Waals surface area contributed by atoms with Gasteiger partial charge in [0.25, 0.3) is 0 Å². The van der Waals surface area contributed by atoms with E-state index in [0.717, 1.165) is 25.6 Å². The van der Waals surface area contributed by atoms with Crippen molar-refractivity contribution in [1.29, 1.82) is 0 Å². The summed E-state index contributed by atoms with van der Waals surface area (Å²) < 4.78 is 5.34. The lowest BCUT2D eigenvalue weighted by Gasteiger charge is -2.33. The molecule has 0 aromatic carbocycles. The Balaban J connectivity index is 2.15. The molecular formula is C9H12N3O. The van der Waals surface area contributed by atoms with Gasteiger partial charge in [0.1, 0.15) is 5.82 Å². The first-order chi connectivity index (χ1) is 6.38. The van der Waals surface area contributed by atoms with Crippen LogP contribution in [0.15, 0.2) is 12.3 Å². The summed E-state index contributed by atoms with van der Waals surface area (Å²) in [5.74, 6) is 0.936. The molecule has 0 saturated carbocycles. The van der Waals surface area contributed by atoms with Crippen molar-refractivity contribution in [3.63, 3.8) is 0 Å². The summed E-state index contributed by atoms with van der Waals surface area (Å²) in [5, 5.41) is 0. The summed E-state index contributed by atoms with van der Waals surface area (Å²) in [6, 6.07) is 2.29. The Labute approximate surface area is 77.6 Å². The zero-order chi connectivity index (χ0) is 9.10. The minimum absolute atomic E-state index is 0.386. The molecule has 1 atom stereocenters. The SMILES string of the molecule is C[C@H]1COCCN1c1ccn[c]n1. The third kappa shape index (κ3) is 1.78. The molecule has 1 aromatic rings. The summed E-state index contributed by atoms with van der Waals surface area (Å²) in [6.45, 7) is 4.56. The van der Waals surface area contributed by atoms with Gasteiger partial charge in [0.2, 0.25) is 0 Å². The highest BCUT2D eigenvalue weighted by atomic mass is 16.5. The molecule has 1 aliphatic rings. The van der Waals surface area contributed by atoms with E-state index in [4.69, 9.17) is 4.74 Å².